The molecule has 0 saturated heterocycles. The third-order valence-corrected chi connectivity index (χ3v) is 2.27. The highest BCUT2D eigenvalue weighted by atomic mass is 16.2. The summed E-state index contributed by atoms with van der Waals surface area (Å²) in [5.74, 6) is 0.340. The van der Waals surface area contributed by atoms with Crippen LogP contribution in [0.5, 0.6) is 0 Å². The molecule has 3 heteroatoms. The van der Waals surface area contributed by atoms with Crippen molar-refractivity contribution in [2.75, 3.05) is 0 Å². The van der Waals surface area contributed by atoms with E-state index in [0.29, 0.717) is 12.3 Å². The van der Waals surface area contributed by atoms with E-state index in [1.165, 1.54) is 5.56 Å². The third kappa shape index (κ3) is 5.85. The number of nitrogens with zero attached hydrogens (tertiary/aromatic N) is 1. The highest BCUT2D eigenvalue weighted by molar-refractivity contribution is 5.86. The van der Waals surface area contributed by atoms with Gasteiger partial charge in [0.1, 0.15) is 0 Å². The van der Waals surface area contributed by atoms with Gasteiger partial charge in [0, 0.05) is 18.6 Å². The van der Waals surface area contributed by atoms with Gasteiger partial charge in [-0.1, -0.05) is 44.2 Å². The average Bonchev–Trinajstić information content (AvgIpc) is 2.27. The summed E-state index contributed by atoms with van der Waals surface area (Å²) in [4.78, 5) is 11.4. The number of hydrogen-bond donors (Lipinski definition) is 1. The van der Waals surface area contributed by atoms with Crippen LogP contribution in [0.2, 0.25) is 0 Å². The zero-order valence-electron chi connectivity index (χ0n) is 10.7. The molecule has 1 aromatic carbocycles. The van der Waals surface area contributed by atoms with E-state index in [1.807, 2.05) is 39.0 Å². The van der Waals surface area contributed by atoms with Crippen molar-refractivity contribution in [2.24, 2.45) is 11.0 Å². The van der Waals surface area contributed by atoms with Crippen LogP contribution in [-0.4, -0.2) is 11.6 Å². The molecule has 0 unspecified atom stereocenters. The van der Waals surface area contributed by atoms with Crippen LogP contribution >= 0.6 is 0 Å². The topological polar surface area (TPSA) is 41.5 Å². The molecule has 17 heavy (non-hydrogen) atoms. The van der Waals surface area contributed by atoms with Crippen molar-refractivity contribution in [3.63, 3.8) is 0 Å². The molecule has 0 aliphatic rings. The summed E-state index contributed by atoms with van der Waals surface area (Å²) in [6.45, 7) is 5.95. The molecule has 0 atom stereocenters. The van der Waals surface area contributed by atoms with E-state index in [2.05, 4.69) is 22.7 Å². The molecule has 1 rings (SSSR count). The zero-order chi connectivity index (χ0) is 12.7. The molecule has 0 heterocycles. The second-order valence-electron chi connectivity index (χ2n) is 4.64. The van der Waals surface area contributed by atoms with Gasteiger partial charge in [0.15, 0.2) is 0 Å². The van der Waals surface area contributed by atoms with Crippen LogP contribution in [0.25, 0.3) is 0 Å². The van der Waals surface area contributed by atoms with Gasteiger partial charge in [0.25, 0.3) is 0 Å². The first-order chi connectivity index (χ1) is 8.08. The van der Waals surface area contributed by atoms with Crippen molar-refractivity contribution >= 4 is 11.6 Å². The monoisotopic (exact) mass is 232 g/mol. The van der Waals surface area contributed by atoms with Gasteiger partial charge in [-0.15, -0.1) is 0 Å². The maximum absolute atomic E-state index is 11.4. The van der Waals surface area contributed by atoms with Crippen LogP contribution in [0.1, 0.15) is 32.8 Å². The Labute approximate surface area is 103 Å². The van der Waals surface area contributed by atoms with Crippen LogP contribution in [0.4, 0.5) is 0 Å². The molecule has 1 N–H and O–H groups in total. The molecular weight excluding hydrogens is 212 g/mol. The highest BCUT2D eigenvalue weighted by Gasteiger charge is 2.03. The van der Waals surface area contributed by atoms with Crippen molar-refractivity contribution in [1.82, 2.24) is 5.43 Å². The van der Waals surface area contributed by atoms with Gasteiger partial charge >= 0.3 is 0 Å². The minimum Gasteiger partial charge on any atom is -0.273 e. The SMILES string of the molecule is CC(Cc1ccccc1)=NNC(=O)CC(C)C. The molecular formula is C14H20N2O. The summed E-state index contributed by atoms with van der Waals surface area (Å²) in [5.41, 5.74) is 4.69. The number of carbonyl (C=O) groups excluding carboxylic acids is 1. The molecule has 1 amide bonds. The van der Waals surface area contributed by atoms with E-state index in [-0.39, 0.29) is 5.91 Å². The minimum absolute atomic E-state index is 0.0209. The molecule has 3 nitrogen and oxygen atoms in total. The number of carbonyl (C=O) groups is 1. The maximum atomic E-state index is 11.4. The van der Waals surface area contributed by atoms with E-state index in [1.54, 1.807) is 0 Å². The van der Waals surface area contributed by atoms with E-state index in [9.17, 15) is 4.79 Å². The van der Waals surface area contributed by atoms with Crippen LogP contribution in [0, 0.1) is 5.92 Å². The Kier molecular flexibility index (Phi) is 5.40. The van der Waals surface area contributed by atoms with Crippen LogP contribution in [-0.2, 0) is 11.2 Å². The largest absolute Gasteiger partial charge is 0.273 e. The Bertz CT molecular complexity index is 382. The Morgan fingerprint density at radius 2 is 1.94 bits per heavy atom. The summed E-state index contributed by atoms with van der Waals surface area (Å²) in [7, 11) is 0. The number of hydrogen-bond acceptors (Lipinski definition) is 2. The first-order valence-electron chi connectivity index (χ1n) is 5.94. The van der Waals surface area contributed by atoms with Gasteiger partial charge in [-0.2, -0.15) is 5.10 Å². The van der Waals surface area contributed by atoms with Crippen LogP contribution < -0.4 is 5.43 Å². The van der Waals surface area contributed by atoms with E-state index >= 15 is 0 Å². The summed E-state index contributed by atoms with van der Waals surface area (Å²) in [6, 6.07) is 10.1. The van der Waals surface area contributed by atoms with Gasteiger partial charge < -0.3 is 0 Å². The lowest BCUT2D eigenvalue weighted by Gasteiger charge is -2.04. The molecule has 0 aliphatic heterocycles. The minimum atomic E-state index is -0.0209. The molecule has 0 bridgehead atoms. The van der Waals surface area contributed by atoms with Gasteiger partial charge in [0.05, 0.1) is 0 Å². The fourth-order valence-electron chi connectivity index (χ4n) is 1.51. The number of hydrazone groups is 1. The number of nitrogens with one attached hydrogen (secondary N) is 1. The summed E-state index contributed by atoms with van der Waals surface area (Å²) in [6.07, 6.45) is 1.28. The molecule has 92 valence electrons. The third-order valence-electron chi connectivity index (χ3n) is 2.27. The number of amides is 1. The lowest BCUT2D eigenvalue weighted by atomic mass is 10.1. The molecule has 0 fully saturated rings. The molecule has 1 aromatic rings. The molecule has 0 saturated carbocycles. The second kappa shape index (κ2) is 6.84. The first-order valence-corrected chi connectivity index (χ1v) is 5.94. The second-order valence-corrected chi connectivity index (χ2v) is 4.64. The quantitative estimate of drug-likeness (QED) is 0.615. The van der Waals surface area contributed by atoms with Crippen LogP contribution in [0.15, 0.2) is 35.4 Å². The van der Waals surface area contributed by atoms with Gasteiger partial charge in [-0.05, 0) is 18.4 Å². The molecule has 0 aliphatic carbocycles. The predicted molar refractivity (Wildman–Crippen MR) is 70.9 cm³/mol. The Morgan fingerprint density at radius 3 is 2.53 bits per heavy atom. The standard InChI is InChI=1S/C14H20N2O/c1-11(2)9-14(17)16-15-12(3)10-13-7-5-4-6-8-13/h4-8,11H,9-10H2,1-3H3,(H,16,17). The van der Waals surface area contributed by atoms with Crippen LogP contribution in [0.3, 0.4) is 0 Å². The summed E-state index contributed by atoms with van der Waals surface area (Å²) in [5, 5.41) is 4.09. The lowest BCUT2D eigenvalue weighted by Crippen LogP contribution is -2.20. The van der Waals surface area contributed by atoms with E-state index in [4.69, 9.17) is 0 Å². The van der Waals surface area contributed by atoms with Gasteiger partial charge in [-0.3, -0.25) is 4.79 Å². The molecule has 0 radical (unpaired) electrons. The van der Waals surface area contributed by atoms with Gasteiger partial charge in [0.2, 0.25) is 5.91 Å². The van der Waals surface area contributed by atoms with Crippen molar-refractivity contribution < 1.29 is 4.79 Å². The average molecular weight is 232 g/mol. The van der Waals surface area contributed by atoms with E-state index in [0.717, 1.165) is 12.1 Å². The smallest absolute Gasteiger partial charge is 0.240 e. The Hall–Kier alpha value is -1.64. The molecule has 0 aromatic heterocycles. The lowest BCUT2D eigenvalue weighted by molar-refractivity contribution is -0.121. The van der Waals surface area contributed by atoms with Crippen molar-refractivity contribution in [3.05, 3.63) is 35.9 Å². The normalized spacial score (nSPS) is 11.6. The highest BCUT2D eigenvalue weighted by Crippen LogP contribution is 2.01. The van der Waals surface area contributed by atoms with E-state index < -0.39 is 0 Å². The van der Waals surface area contributed by atoms with Gasteiger partial charge in [-0.25, -0.2) is 5.43 Å². The van der Waals surface area contributed by atoms with Crippen molar-refractivity contribution in [2.45, 2.75) is 33.6 Å². The number of benzene rings is 1. The maximum Gasteiger partial charge on any atom is 0.240 e. The molecule has 0 spiro atoms. The Morgan fingerprint density at radius 1 is 1.29 bits per heavy atom. The number of rotatable bonds is 5. The van der Waals surface area contributed by atoms with Crippen molar-refractivity contribution in [3.8, 4) is 0 Å². The Balaban J connectivity index is 2.42. The fraction of sp³-hybridized carbons (Fsp3) is 0.429. The summed E-state index contributed by atoms with van der Waals surface area (Å²) >= 11 is 0. The summed E-state index contributed by atoms with van der Waals surface area (Å²) < 4.78 is 0. The predicted octanol–water partition coefficient (Wildman–Crippen LogP) is 2.77. The van der Waals surface area contributed by atoms with Crippen molar-refractivity contribution in [1.29, 1.82) is 0 Å². The first kappa shape index (κ1) is 13.4. The zero-order valence-corrected chi connectivity index (χ0v) is 10.7. The fourth-order valence-corrected chi connectivity index (χ4v) is 1.51.